The number of rotatable bonds is 12. The number of fused-ring (bicyclic) bond motifs is 1. The molecule has 3 aromatic rings. The fourth-order valence-corrected chi connectivity index (χ4v) is 7.38. The van der Waals surface area contributed by atoms with Gasteiger partial charge in [0.15, 0.2) is 5.78 Å². The zero-order valence-corrected chi connectivity index (χ0v) is 50.1. The molecule has 4 amide bonds. The van der Waals surface area contributed by atoms with E-state index in [0.29, 0.717) is 6.42 Å². The molecular weight excluding hydrogens is 903 g/mol. The van der Waals surface area contributed by atoms with Crippen molar-refractivity contribution in [2.75, 3.05) is 49.3 Å². The van der Waals surface area contributed by atoms with Crippen LogP contribution in [0.4, 0.5) is 4.79 Å². The van der Waals surface area contributed by atoms with Gasteiger partial charge in [0.05, 0.1) is 28.2 Å². The van der Waals surface area contributed by atoms with Gasteiger partial charge in [0.1, 0.15) is 8.78 Å². The molecule has 13 nitrogen and oxygen atoms in total. The van der Waals surface area contributed by atoms with Crippen molar-refractivity contribution in [2.45, 2.75) is 190 Å². The van der Waals surface area contributed by atoms with Gasteiger partial charge in [0.2, 0.25) is 12.8 Å². The van der Waals surface area contributed by atoms with Crippen LogP contribution in [0.2, 0.25) is 0 Å². The lowest BCUT2D eigenvalue weighted by atomic mass is 9.73. The smallest absolute Gasteiger partial charge is 0.320 e. The van der Waals surface area contributed by atoms with Gasteiger partial charge in [0.25, 0.3) is 0 Å². The summed E-state index contributed by atoms with van der Waals surface area (Å²) in [5, 5.41) is 11.4. The lowest BCUT2D eigenvalue weighted by molar-refractivity contribution is -0.141. The molecule has 2 unspecified atom stereocenters. The number of nitrogens with two attached hydrogens (primary N) is 1. The van der Waals surface area contributed by atoms with Gasteiger partial charge >= 0.3 is 12.0 Å². The second kappa shape index (κ2) is 30.8. The summed E-state index contributed by atoms with van der Waals surface area (Å²) in [5.41, 5.74) is 9.83. The van der Waals surface area contributed by atoms with Crippen LogP contribution in [0.5, 0.6) is 0 Å². The summed E-state index contributed by atoms with van der Waals surface area (Å²) >= 11 is 0. The van der Waals surface area contributed by atoms with Crippen LogP contribution < -0.4 is 11.1 Å². The minimum Gasteiger partial charge on any atom is -0.480 e. The summed E-state index contributed by atoms with van der Waals surface area (Å²) < 4.78 is 14.7. The Balaban J connectivity index is -0.000000920. The number of likely N-dealkylation sites (N-methyl/N-ethyl adjacent to an activating group) is 2. The number of hydrogen-bond donors (Lipinski definition) is 3. The summed E-state index contributed by atoms with van der Waals surface area (Å²) in [6, 6.07) is 23.4. The molecule has 0 fully saturated rings. The number of amides is 4. The molecule has 13 heteroatoms. The molecule has 0 bridgehead atoms. The molecule has 410 valence electrons. The van der Waals surface area contributed by atoms with E-state index >= 15 is 0 Å². The van der Waals surface area contributed by atoms with Crippen molar-refractivity contribution in [3.63, 3.8) is 0 Å². The number of carbonyl (C=O) groups is 5. The third kappa shape index (κ3) is 19.7. The number of carboxylic acids is 1. The van der Waals surface area contributed by atoms with Crippen molar-refractivity contribution in [3.8, 4) is 0 Å². The Kier molecular flexibility index (Phi) is 28.6. The molecule has 0 radical (unpaired) electrons. The van der Waals surface area contributed by atoms with Gasteiger partial charge in [-0.15, -0.1) is 0 Å². The van der Waals surface area contributed by atoms with Crippen molar-refractivity contribution >= 4 is 30.6 Å². The first-order valence-electron chi connectivity index (χ1n) is 26.4. The summed E-state index contributed by atoms with van der Waals surface area (Å²) in [7, 11) is 12.4. The molecule has 1 heterocycles. The normalized spacial score (nSPS) is 14.8. The lowest BCUT2D eigenvalue weighted by Crippen LogP contribution is -2.48. The van der Waals surface area contributed by atoms with Crippen LogP contribution in [0.3, 0.4) is 0 Å². The van der Waals surface area contributed by atoms with Crippen molar-refractivity contribution < 1.29 is 31.8 Å². The van der Waals surface area contributed by atoms with E-state index in [1.54, 1.807) is 44.9 Å². The molecule has 3 aromatic carbocycles. The van der Waals surface area contributed by atoms with Gasteiger partial charge < -0.3 is 30.9 Å². The van der Waals surface area contributed by atoms with Crippen LogP contribution in [0.25, 0.3) is 0 Å². The van der Waals surface area contributed by atoms with Crippen LogP contribution >= 0.6 is 0 Å². The molecule has 1 aliphatic rings. The Labute approximate surface area is 442 Å². The molecule has 4 rings (SSSR count). The summed E-state index contributed by atoms with van der Waals surface area (Å²) in [6.45, 7) is 39.5. The second-order valence-corrected chi connectivity index (χ2v) is 21.1. The Morgan fingerprint density at radius 2 is 0.986 bits per heavy atom. The zero-order chi connectivity index (χ0) is 59.3. The molecule has 0 saturated carbocycles. The molecular formula is C59H103N7O6. The molecule has 0 aliphatic carbocycles. The monoisotopic (exact) mass is 1010 g/mol. The fourth-order valence-electron chi connectivity index (χ4n) is 7.38. The molecule has 72 heavy (non-hydrogen) atoms. The van der Waals surface area contributed by atoms with Crippen LogP contribution in [0, 0.1) is 0 Å². The van der Waals surface area contributed by atoms with Crippen LogP contribution in [-0.2, 0) is 52.3 Å². The van der Waals surface area contributed by atoms with E-state index in [-0.39, 0.29) is 40.4 Å². The number of carboxylic acid groups (broad SMARTS) is 1. The molecule has 1 aliphatic heterocycles. The average Bonchev–Trinajstić information content (AvgIpc) is 3.38. The van der Waals surface area contributed by atoms with Crippen molar-refractivity contribution in [1.82, 2.24) is 29.8 Å². The molecule has 4 N–H and O–H groups in total. The predicted molar refractivity (Wildman–Crippen MR) is 303 cm³/mol. The van der Waals surface area contributed by atoms with Gasteiger partial charge in [-0.3, -0.25) is 29.0 Å². The first kappa shape index (κ1) is 66.9. The van der Waals surface area contributed by atoms with Crippen LogP contribution in [-0.4, -0.2) is 122 Å². The Morgan fingerprint density at radius 1 is 0.653 bits per heavy atom. The zero-order valence-electron chi connectivity index (χ0n) is 52.1. The highest BCUT2D eigenvalue weighted by atomic mass is 16.4. The number of urea groups is 1. The average molecular weight is 1010 g/mol. The Bertz CT molecular complexity index is 2220. The van der Waals surface area contributed by atoms with E-state index in [9.17, 15) is 24.0 Å². The van der Waals surface area contributed by atoms with Crippen molar-refractivity contribution in [3.05, 3.63) is 106 Å². The predicted octanol–water partition coefficient (Wildman–Crippen LogP) is 11.3. The van der Waals surface area contributed by atoms with Gasteiger partial charge in [-0.1, -0.05) is 128 Å². The minimum atomic E-state index is -0.782. The number of ketones is 1. The highest BCUT2D eigenvalue weighted by Gasteiger charge is 2.41. The molecule has 0 saturated heterocycles. The first-order chi connectivity index (χ1) is 33.7. The number of benzene rings is 3. The number of carbonyl (C=O) groups excluding carboxylic acids is 4. The highest BCUT2D eigenvalue weighted by molar-refractivity contribution is 5.85. The number of aliphatic carboxylic acids is 1. The van der Waals surface area contributed by atoms with Gasteiger partial charge in [0, 0.05) is 33.1 Å². The van der Waals surface area contributed by atoms with E-state index in [2.05, 4.69) is 45.1 Å². The summed E-state index contributed by atoms with van der Waals surface area (Å²) in [6.07, 6.45) is -1.02. The van der Waals surface area contributed by atoms with Crippen molar-refractivity contribution in [2.24, 2.45) is 5.73 Å². The van der Waals surface area contributed by atoms with Gasteiger partial charge in [-0.05, 0) is 150 Å². The first-order valence-corrected chi connectivity index (χ1v) is 25.4. The van der Waals surface area contributed by atoms with Gasteiger partial charge in [-0.2, -0.15) is 0 Å². The maximum Gasteiger partial charge on any atom is 0.320 e. The quantitative estimate of drug-likeness (QED) is 0.150. The maximum absolute atomic E-state index is 12.6. The van der Waals surface area contributed by atoms with E-state index < -0.39 is 35.4 Å². The van der Waals surface area contributed by atoms with E-state index in [1.807, 2.05) is 191 Å². The number of Topliss-reactive ketones (excluding diaryl/α,β-unsaturated/α-hetero) is 1. The van der Waals surface area contributed by atoms with E-state index in [4.69, 9.17) is 13.6 Å². The standard InChI is InChI=1S/C20H32N2O2.C14H20N2O.C14H22N2O.C5H11NO2.3C2H6/c1-15(21(6)7)18(24)13-19(2,3)16-11-9-10-12-17(16)20(4,5)22(8)14-23;1-13(2)10-8-6-7-9-11(10)14(3,4)16(5)12(17)15-13;1-13(2,15)11-8-6-7-9-12(11)14(3,4)16(5)10-17;1-4(5(7)8)6(2)3;3*1-2/h9-12,14-15H,13H2,1-8H3;6-9H,1-5H3,(H,15,17);6-10H,15H2,1-5H3;4H,1-3H3,(H,7,8);3*1-2H3/i14D;;10D;;;;. The highest BCUT2D eigenvalue weighted by Crippen LogP contribution is 2.39. The number of nitrogens with zero attached hydrogens (tertiary/aromatic N) is 5. The second-order valence-electron chi connectivity index (χ2n) is 21.1. The van der Waals surface area contributed by atoms with Gasteiger partial charge in [-0.25, -0.2) is 4.79 Å². The van der Waals surface area contributed by atoms with E-state index in [1.165, 1.54) is 20.9 Å². The molecule has 0 aromatic heterocycles. The Hall–Kier alpha value is -5.11. The number of nitrogens with one attached hydrogen (secondary N) is 1. The maximum atomic E-state index is 12.6. The fraction of sp³-hybridized carbons (Fsp3) is 0.610. The van der Waals surface area contributed by atoms with Crippen molar-refractivity contribution in [1.29, 1.82) is 0 Å². The van der Waals surface area contributed by atoms with E-state index in [0.717, 1.165) is 22.3 Å². The Morgan fingerprint density at radius 3 is 1.32 bits per heavy atom. The number of hydrogen-bond acceptors (Lipinski definition) is 8. The SMILES string of the molecule is CC.CC.CC.CC(C(=O)O)N(C)C.CN1C(=O)NC(C)(C)c2ccccc2C1(C)C.[2H]C(=O)N(C)C(C)(C)c1ccccc1C(C)(C)CC(=O)C(C)N(C)C.[2H]C(=O)N(C)C(C)(C)c1ccccc1C(C)(C)N. The topological polar surface area (TPSA) is 160 Å². The molecule has 0 spiro atoms. The molecule has 2 atom stereocenters. The third-order valence-corrected chi connectivity index (χ3v) is 13.4. The van der Waals surface area contributed by atoms with Crippen LogP contribution in [0.1, 0.15) is 181 Å². The van der Waals surface area contributed by atoms with Crippen LogP contribution in [0.15, 0.2) is 72.8 Å². The minimum absolute atomic E-state index is 0.0313. The largest absolute Gasteiger partial charge is 0.480 e. The third-order valence-electron chi connectivity index (χ3n) is 13.4. The summed E-state index contributed by atoms with van der Waals surface area (Å²) in [4.78, 5) is 65.9. The lowest BCUT2D eigenvalue weighted by Gasteiger charge is -2.38. The summed E-state index contributed by atoms with van der Waals surface area (Å²) in [5.74, 6) is -0.595.